The number of quaternary nitrogens is 1. The summed E-state index contributed by atoms with van der Waals surface area (Å²) >= 11 is 0. The first-order valence-corrected chi connectivity index (χ1v) is 17.9. The van der Waals surface area contributed by atoms with Gasteiger partial charge in [-0.3, -0.25) is 9.69 Å². The quantitative estimate of drug-likeness (QED) is 0.0834. The Balaban J connectivity index is 0.00000109. The van der Waals surface area contributed by atoms with Gasteiger partial charge in [0.15, 0.2) is 12.4 Å². The van der Waals surface area contributed by atoms with Crippen LogP contribution in [0.5, 0.6) is 0 Å². The number of benzene rings is 2. The van der Waals surface area contributed by atoms with E-state index in [0.717, 1.165) is 49.5 Å². The largest absolute Gasteiger partial charge is 1.00 e. The van der Waals surface area contributed by atoms with Crippen molar-refractivity contribution in [1.29, 1.82) is 0 Å². The van der Waals surface area contributed by atoms with Crippen LogP contribution in [-0.2, 0) is 32.9 Å². The third kappa shape index (κ3) is 14.5. The highest BCUT2D eigenvalue weighted by atomic mass is 127. The maximum atomic E-state index is 13.1. The van der Waals surface area contributed by atoms with Crippen LogP contribution in [0.4, 0.5) is 22.1 Å². The van der Waals surface area contributed by atoms with Crippen molar-refractivity contribution in [3.05, 3.63) is 95.9 Å². The molecule has 14 nitrogen and oxygen atoms in total. The average molecular weight is 834 g/mol. The van der Waals surface area contributed by atoms with Crippen molar-refractivity contribution in [2.75, 3.05) is 50.1 Å². The molecule has 0 unspecified atom stereocenters. The molecule has 1 aliphatic heterocycles. The highest BCUT2D eigenvalue weighted by Crippen LogP contribution is 2.25. The number of carbonyl (C=O) groups is 2. The van der Waals surface area contributed by atoms with Crippen LogP contribution in [0.3, 0.4) is 0 Å². The average Bonchev–Trinajstić information content (AvgIpc) is 3.06. The van der Waals surface area contributed by atoms with Crippen LogP contribution >= 0.6 is 0 Å². The number of carbonyl (C=O) groups excluding carboxylic acids is 2. The van der Waals surface area contributed by atoms with E-state index in [9.17, 15) is 9.59 Å². The molecule has 1 amide bonds. The van der Waals surface area contributed by atoms with Gasteiger partial charge in [0.05, 0.1) is 47.6 Å². The molecular formula is C35H44IN7O7S. The monoisotopic (exact) mass is 833 g/mol. The lowest BCUT2D eigenvalue weighted by Gasteiger charge is -2.29. The fraction of sp³-hybridized carbons (Fsp3) is 0.343. The molecule has 1 fully saturated rings. The first-order chi connectivity index (χ1) is 23.7. The minimum absolute atomic E-state index is 0. The standard InChI is InChI=1S/C34H39N7O4.CH4O3S.HI/c1-24(2)45-34(43)44-23-41-15-5-6-28(22-41)30-13-14-35-33(37-30)38-31-20-29(12-7-25(31)3)36-32(42)27-10-8-26(9-11-27)21-40-18-16-39(4)17-19-40;1-5(2,3)4;/h5-15,20,22,24H,16-19,21,23H2,1-4H3,(H-,35,36,37,38,42);1H3,(H,2,3,4);1H. The van der Waals surface area contributed by atoms with E-state index >= 15 is 0 Å². The van der Waals surface area contributed by atoms with Crippen molar-refractivity contribution < 1.29 is 65.5 Å². The smallest absolute Gasteiger partial charge is 0.513 e. The number of anilines is 3. The van der Waals surface area contributed by atoms with Gasteiger partial charge in [0.2, 0.25) is 5.95 Å². The van der Waals surface area contributed by atoms with E-state index < -0.39 is 16.3 Å². The molecule has 3 N–H and O–H groups in total. The van der Waals surface area contributed by atoms with E-state index in [2.05, 4.69) is 32.5 Å². The number of aromatic nitrogens is 3. The summed E-state index contributed by atoms with van der Waals surface area (Å²) in [6, 6.07) is 19.1. The highest BCUT2D eigenvalue weighted by molar-refractivity contribution is 7.84. The van der Waals surface area contributed by atoms with Crippen molar-refractivity contribution in [3.8, 4) is 11.3 Å². The number of rotatable bonds is 10. The molecular weight excluding hydrogens is 789 g/mol. The van der Waals surface area contributed by atoms with Gasteiger partial charge in [-0.25, -0.2) is 23.2 Å². The van der Waals surface area contributed by atoms with E-state index in [1.807, 2.05) is 67.7 Å². The van der Waals surface area contributed by atoms with Gasteiger partial charge in [-0.15, -0.1) is 0 Å². The number of ether oxygens (including phenoxy) is 2. The number of likely N-dealkylation sites (N-methyl/N-ethyl adjacent to an activating group) is 1. The van der Waals surface area contributed by atoms with Gasteiger partial charge in [0.1, 0.15) is 0 Å². The molecule has 1 saturated heterocycles. The summed E-state index contributed by atoms with van der Waals surface area (Å²) < 4.78 is 39.2. The van der Waals surface area contributed by atoms with E-state index in [-0.39, 0.29) is 42.7 Å². The minimum atomic E-state index is -3.92. The van der Waals surface area contributed by atoms with E-state index in [1.165, 1.54) is 5.56 Å². The predicted molar refractivity (Wildman–Crippen MR) is 187 cm³/mol. The van der Waals surface area contributed by atoms with Crippen molar-refractivity contribution >= 4 is 39.5 Å². The molecule has 2 aromatic heterocycles. The lowest BCUT2D eigenvalue weighted by molar-refractivity contribution is -0.884. The summed E-state index contributed by atoms with van der Waals surface area (Å²) in [5, 5.41) is 6.30. The molecule has 3 heterocycles. The topological polar surface area (TPSA) is 171 Å². The van der Waals surface area contributed by atoms with Gasteiger partial charge >= 0.3 is 6.16 Å². The second kappa shape index (κ2) is 19.4. The molecule has 274 valence electrons. The number of hydrogen-bond acceptors (Lipinski definition) is 11. The van der Waals surface area contributed by atoms with Gasteiger partial charge in [-0.2, -0.15) is 4.57 Å². The summed E-state index contributed by atoms with van der Waals surface area (Å²) in [7, 11) is -1.68. The number of hydrogen-bond donors (Lipinski definition) is 3. The molecule has 0 atom stereocenters. The summed E-state index contributed by atoms with van der Waals surface area (Å²) in [4.78, 5) is 37.9. The Morgan fingerprint density at radius 3 is 2.43 bits per heavy atom. The van der Waals surface area contributed by atoms with Crippen LogP contribution in [0.25, 0.3) is 11.3 Å². The molecule has 16 heteroatoms. The second-order valence-corrected chi connectivity index (χ2v) is 13.7. The zero-order valence-corrected chi connectivity index (χ0v) is 32.2. The second-order valence-electron chi connectivity index (χ2n) is 12.3. The van der Waals surface area contributed by atoms with Crippen molar-refractivity contribution in [2.24, 2.45) is 0 Å². The lowest BCUT2D eigenvalue weighted by Crippen LogP contribution is -3.11. The zero-order chi connectivity index (χ0) is 36.3. The van der Waals surface area contributed by atoms with Crippen molar-refractivity contribution in [3.63, 3.8) is 0 Å². The Morgan fingerprint density at radius 2 is 1.76 bits per heavy atom. The number of nitrogens with one attached hydrogen (secondary N) is 3. The molecule has 0 radical (unpaired) electrons. The molecule has 0 aliphatic carbocycles. The number of aryl methyl sites for hydroxylation is 1. The third-order valence-electron chi connectivity index (χ3n) is 7.55. The van der Waals surface area contributed by atoms with Crippen molar-refractivity contribution in [1.82, 2.24) is 14.9 Å². The maximum Gasteiger partial charge on any atom is 0.513 e. The Hall–Kier alpha value is -4.23. The molecule has 4 aromatic rings. The normalized spacial score (nSPS) is 13.3. The lowest BCUT2D eigenvalue weighted by atomic mass is 10.1. The van der Waals surface area contributed by atoms with Gasteiger partial charge in [-0.1, -0.05) is 18.2 Å². The predicted octanol–water partition coefficient (Wildman–Crippen LogP) is -0.250. The van der Waals surface area contributed by atoms with Gasteiger partial charge in [-0.05, 0) is 68.3 Å². The Morgan fingerprint density at radius 1 is 1.08 bits per heavy atom. The fourth-order valence-corrected chi connectivity index (χ4v) is 4.96. The summed E-state index contributed by atoms with van der Waals surface area (Å²) in [6.45, 7) is 10.9. The molecule has 5 rings (SSSR count). The molecule has 1 aliphatic rings. The van der Waals surface area contributed by atoms with E-state index in [1.54, 1.807) is 41.8 Å². The summed E-state index contributed by atoms with van der Waals surface area (Å²) in [6.07, 6.45) is 4.92. The zero-order valence-electron chi connectivity index (χ0n) is 29.3. The minimum Gasteiger partial charge on any atom is -1.00 e. The molecule has 0 spiro atoms. The number of amides is 1. The fourth-order valence-electron chi connectivity index (χ4n) is 4.96. The van der Waals surface area contributed by atoms with Crippen LogP contribution in [0.15, 0.2) is 79.3 Å². The first kappa shape index (κ1) is 41.2. The number of nitrogens with zero attached hydrogens (tertiary/aromatic N) is 4. The molecule has 51 heavy (non-hydrogen) atoms. The van der Waals surface area contributed by atoms with Crippen molar-refractivity contribution in [2.45, 2.75) is 40.2 Å². The molecule has 0 bridgehead atoms. The van der Waals surface area contributed by atoms with Crippen LogP contribution in [0.1, 0.15) is 35.3 Å². The van der Waals surface area contributed by atoms with E-state index in [4.69, 9.17) is 22.4 Å². The molecule has 0 saturated carbocycles. The highest BCUT2D eigenvalue weighted by Gasteiger charge is 2.17. The Kier molecular flexibility index (Phi) is 15.7. The Bertz CT molecular complexity index is 1860. The van der Waals surface area contributed by atoms with Gasteiger partial charge in [0.25, 0.3) is 12.6 Å². The number of pyridine rings is 1. The summed E-state index contributed by atoms with van der Waals surface area (Å²) in [5.74, 6) is 0.236. The Labute approximate surface area is 316 Å². The SMILES string of the molecule is CS(=O)(=O)[O-].Cc1ccc(NC(=O)c2ccc(CN3CC[NH+](C)CC3)cc2)cc1Nc1nccc(-c2ccc[n+](COC(=O)OC(C)C)c2)n1.[I-]. The number of halogens is 1. The van der Waals surface area contributed by atoms with Crippen LogP contribution in [-0.4, -0.2) is 85.5 Å². The van der Waals surface area contributed by atoms with Gasteiger partial charge < -0.3 is 53.5 Å². The number of piperazine rings is 1. The maximum absolute atomic E-state index is 13.1. The third-order valence-corrected chi connectivity index (χ3v) is 7.55. The van der Waals surface area contributed by atoms with E-state index in [0.29, 0.717) is 29.1 Å². The van der Waals surface area contributed by atoms with Crippen LogP contribution in [0, 0.1) is 6.92 Å². The van der Waals surface area contributed by atoms with Crippen LogP contribution in [0.2, 0.25) is 0 Å². The van der Waals surface area contributed by atoms with Crippen LogP contribution < -0.4 is 44.1 Å². The van der Waals surface area contributed by atoms with Gasteiger partial charge in [0, 0.05) is 55.1 Å². The first-order valence-electron chi connectivity index (χ1n) is 16.1. The summed E-state index contributed by atoms with van der Waals surface area (Å²) in [5.41, 5.74) is 5.72. The molecule has 2 aromatic carbocycles.